The molecule has 0 fully saturated rings. The third kappa shape index (κ3) is 5.79. The van der Waals surface area contributed by atoms with Crippen LogP contribution in [0.15, 0.2) is 72.4 Å². The van der Waals surface area contributed by atoms with E-state index < -0.39 is 29.4 Å². The third-order valence-electron chi connectivity index (χ3n) is 4.49. The number of anilines is 1. The molecule has 7 nitrogen and oxygen atoms in total. The topological polar surface area (TPSA) is 105 Å². The summed E-state index contributed by atoms with van der Waals surface area (Å²) in [6.45, 7) is 0. The molecule has 0 aliphatic rings. The number of halogens is 2. The highest BCUT2D eigenvalue weighted by molar-refractivity contribution is 6.11. The number of aromatic carboxylic acids is 1. The highest BCUT2D eigenvalue weighted by atomic mass is 19.1. The fraction of sp³-hybridized carbons (Fsp3) is 0.0417. The van der Waals surface area contributed by atoms with Crippen LogP contribution in [0.3, 0.4) is 0 Å². The number of amides is 2. The maximum Gasteiger partial charge on any atom is 0.335 e. The summed E-state index contributed by atoms with van der Waals surface area (Å²) in [6.07, 6.45) is 1.04. The van der Waals surface area contributed by atoms with E-state index in [-0.39, 0.29) is 33.8 Å². The Bertz CT molecular complexity index is 1240. The van der Waals surface area contributed by atoms with Gasteiger partial charge in [0.25, 0.3) is 11.8 Å². The van der Waals surface area contributed by atoms with Crippen molar-refractivity contribution in [2.45, 2.75) is 0 Å². The van der Waals surface area contributed by atoms with Crippen molar-refractivity contribution in [3.05, 3.63) is 101 Å². The molecule has 9 heteroatoms. The highest BCUT2D eigenvalue weighted by Crippen LogP contribution is 2.26. The number of nitrogens with one attached hydrogen (secondary N) is 2. The normalized spacial score (nSPS) is 10.9. The quantitative estimate of drug-likeness (QED) is 0.469. The van der Waals surface area contributed by atoms with E-state index in [0.717, 1.165) is 18.2 Å². The largest absolute Gasteiger partial charge is 0.495 e. The van der Waals surface area contributed by atoms with Crippen LogP contribution < -0.4 is 15.4 Å². The smallest absolute Gasteiger partial charge is 0.335 e. The molecule has 0 atom stereocenters. The second-order valence-electron chi connectivity index (χ2n) is 6.72. The number of benzene rings is 3. The van der Waals surface area contributed by atoms with Crippen LogP contribution in [-0.4, -0.2) is 30.0 Å². The molecule has 3 rings (SSSR count). The first kappa shape index (κ1) is 23.1. The second-order valence-corrected chi connectivity index (χ2v) is 6.72. The summed E-state index contributed by atoms with van der Waals surface area (Å²) in [4.78, 5) is 36.9. The van der Waals surface area contributed by atoms with E-state index in [9.17, 15) is 28.3 Å². The molecule has 0 bridgehead atoms. The average molecular weight is 452 g/mol. The van der Waals surface area contributed by atoms with Gasteiger partial charge in [0.15, 0.2) is 0 Å². The molecule has 0 saturated carbocycles. The SMILES string of the molecule is COc1ccc(C(=O)O)cc1NC(=O)C(=Cc1ccc(F)cc1F)NC(=O)c1ccccc1. The molecule has 0 aliphatic carbocycles. The van der Waals surface area contributed by atoms with E-state index in [0.29, 0.717) is 6.07 Å². The number of rotatable bonds is 7. The summed E-state index contributed by atoms with van der Waals surface area (Å²) in [7, 11) is 1.33. The van der Waals surface area contributed by atoms with E-state index in [1.807, 2.05) is 0 Å². The molecular formula is C24H18F2N2O5. The molecule has 33 heavy (non-hydrogen) atoms. The fourth-order valence-corrected chi connectivity index (χ4v) is 2.84. The van der Waals surface area contributed by atoms with Gasteiger partial charge in [-0.05, 0) is 48.5 Å². The molecule has 3 aromatic carbocycles. The lowest BCUT2D eigenvalue weighted by molar-refractivity contribution is -0.113. The zero-order valence-electron chi connectivity index (χ0n) is 17.3. The number of carboxylic acids is 1. The molecule has 2 amide bonds. The van der Waals surface area contributed by atoms with Crippen LogP contribution in [0.1, 0.15) is 26.3 Å². The number of carbonyl (C=O) groups is 3. The van der Waals surface area contributed by atoms with Crippen molar-refractivity contribution in [3.8, 4) is 5.75 Å². The Hall–Kier alpha value is -4.53. The first-order valence-corrected chi connectivity index (χ1v) is 9.54. The van der Waals surface area contributed by atoms with Crippen molar-refractivity contribution >= 4 is 29.5 Å². The molecule has 0 spiro atoms. The maximum atomic E-state index is 14.2. The molecule has 0 aliphatic heterocycles. The number of hydrogen-bond donors (Lipinski definition) is 3. The first-order chi connectivity index (χ1) is 15.8. The summed E-state index contributed by atoms with van der Waals surface area (Å²) < 4.78 is 32.6. The number of ether oxygens (including phenoxy) is 1. The van der Waals surface area contributed by atoms with Crippen molar-refractivity contribution in [1.29, 1.82) is 0 Å². The van der Waals surface area contributed by atoms with Gasteiger partial charge in [-0.15, -0.1) is 0 Å². The van der Waals surface area contributed by atoms with Gasteiger partial charge in [0, 0.05) is 17.2 Å². The molecule has 0 saturated heterocycles. The van der Waals surface area contributed by atoms with Crippen molar-refractivity contribution in [1.82, 2.24) is 5.32 Å². The van der Waals surface area contributed by atoms with Crippen LogP contribution in [0.2, 0.25) is 0 Å². The Morgan fingerprint density at radius 2 is 1.67 bits per heavy atom. The standard InChI is InChI=1S/C24H18F2N2O5/c1-33-21-10-8-16(24(31)32)12-19(21)27-23(30)20(11-15-7-9-17(25)13-18(15)26)28-22(29)14-5-3-2-4-6-14/h2-13H,1H3,(H,27,30)(H,28,29)(H,31,32). The van der Waals surface area contributed by atoms with Crippen LogP contribution in [-0.2, 0) is 4.79 Å². The van der Waals surface area contributed by atoms with Crippen LogP contribution in [0.25, 0.3) is 6.08 Å². The number of carbonyl (C=O) groups excluding carboxylic acids is 2. The third-order valence-corrected chi connectivity index (χ3v) is 4.49. The van der Waals surface area contributed by atoms with E-state index in [1.54, 1.807) is 18.2 Å². The van der Waals surface area contributed by atoms with Gasteiger partial charge >= 0.3 is 5.97 Å². The monoisotopic (exact) mass is 452 g/mol. The molecular weight excluding hydrogens is 434 g/mol. The van der Waals surface area contributed by atoms with Gasteiger partial charge in [0.2, 0.25) is 0 Å². The van der Waals surface area contributed by atoms with Crippen molar-refractivity contribution in [2.75, 3.05) is 12.4 Å². The molecule has 0 heterocycles. The lowest BCUT2D eigenvalue weighted by Gasteiger charge is -2.14. The Kier molecular flexibility index (Phi) is 7.14. The van der Waals surface area contributed by atoms with Crippen LogP contribution in [0.4, 0.5) is 14.5 Å². The van der Waals surface area contributed by atoms with Gasteiger partial charge in [-0.1, -0.05) is 18.2 Å². The van der Waals surface area contributed by atoms with E-state index in [1.165, 1.54) is 37.4 Å². The Morgan fingerprint density at radius 1 is 0.939 bits per heavy atom. The molecule has 3 N–H and O–H groups in total. The summed E-state index contributed by atoms with van der Waals surface area (Å²) >= 11 is 0. The van der Waals surface area contributed by atoms with Gasteiger partial charge in [-0.2, -0.15) is 0 Å². The molecule has 0 aromatic heterocycles. The predicted octanol–water partition coefficient (Wildman–Crippen LogP) is 4.08. The summed E-state index contributed by atoms with van der Waals surface area (Å²) in [5, 5.41) is 14.1. The minimum atomic E-state index is -1.23. The minimum Gasteiger partial charge on any atom is -0.495 e. The molecule has 0 unspecified atom stereocenters. The summed E-state index contributed by atoms with van der Waals surface area (Å²) in [5.41, 5.74) is -0.379. The number of carboxylic acid groups (broad SMARTS) is 1. The van der Waals surface area contributed by atoms with Crippen molar-refractivity contribution < 1.29 is 33.0 Å². The van der Waals surface area contributed by atoms with Crippen molar-refractivity contribution in [3.63, 3.8) is 0 Å². The Balaban J connectivity index is 1.99. The van der Waals surface area contributed by atoms with Gasteiger partial charge in [-0.25, -0.2) is 13.6 Å². The van der Waals surface area contributed by atoms with E-state index in [2.05, 4.69) is 10.6 Å². The van der Waals surface area contributed by atoms with Crippen LogP contribution in [0, 0.1) is 11.6 Å². The van der Waals surface area contributed by atoms with Crippen LogP contribution in [0.5, 0.6) is 5.75 Å². The minimum absolute atomic E-state index is 0.0156. The number of methoxy groups -OCH3 is 1. The fourth-order valence-electron chi connectivity index (χ4n) is 2.84. The zero-order valence-corrected chi connectivity index (χ0v) is 17.3. The second kappa shape index (κ2) is 10.2. The molecule has 3 aromatic rings. The Labute approximate surface area is 187 Å². The van der Waals surface area contributed by atoms with E-state index in [4.69, 9.17) is 4.74 Å². The van der Waals surface area contributed by atoms with Gasteiger partial charge in [-0.3, -0.25) is 9.59 Å². The summed E-state index contributed by atoms with van der Waals surface area (Å²) in [5.74, 6) is -4.35. The van der Waals surface area contributed by atoms with Crippen molar-refractivity contribution in [2.24, 2.45) is 0 Å². The number of hydrogen-bond acceptors (Lipinski definition) is 4. The summed E-state index contributed by atoms with van der Waals surface area (Å²) in [6, 6.07) is 14.6. The maximum absolute atomic E-state index is 14.2. The zero-order chi connectivity index (χ0) is 24.0. The predicted molar refractivity (Wildman–Crippen MR) is 117 cm³/mol. The average Bonchev–Trinajstić information content (AvgIpc) is 2.80. The molecule has 168 valence electrons. The van der Waals surface area contributed by atoms with Crippen LogP contribution >= 0.6 is 0 Å². The lowest BCUT2D eigenvalue weighted by Crippen LogP contribution is -2.31. The van der Waals surface area contributed by atoms with E-state index >= 15 is 0 Å². The van der Waals surface area contributed by atoms with Gasteiger partial charge < -0.3 is 20.5 Å². The van der Waals surface area contributed by atoms with Gasteiger partial charge in [0.05, 0.1) is 18.4 Å². The Morgan fingerprint density at radius 3 is 2.30 bits per heavy atom. The first-order valence-electron chi connectivity index (χ1n) is 9.54. The van der Waals surface area contributed by atoms with Gasteiger partial charge in [0.1, 0.15) is 23.1 Å². The molecule has 0 radical (unpaired) electrons. The highest BCUT2D eigenvalue weighted by Gasteiger charge is 2.18. The lowest BCUT2D eigenvalue weighted by atomic mass is 10.1.